The van der Waals surface area contributed by atoms with Gasteiger partial charge in [-0.15, -0.1) is 0 Å². The van der Waals surface area contributed by atoms with Gasteiger partial charge in [0.2, 0.25) is 0 Å². The van der Waals surface area contributed by atoms with Crippen molar-refractivity contribution >= 4 is 23.5 Å². The molecule has 2 aromatic heterocycles. The molecule has 0 spiro atoms. The summed E-state index contributed by atoms with van der Waals surface area (Å²) < 4.78 is 11.2. The second kappa shape index (κ2) is 8.64. The average Bonchev–Trinajstić information content (AvgIpc) is 3.33. The lowest BCUT2D eigenvalue weighted by Gasteiger charge is -2.08. The fraction of sp³-hybridized carbons (Fsp3) is 0.238. The van der Waals surface area contributed by atoms with Gasteiger partial charge in [-0.25, -0.2) is 14.3 Å². The number of benzene rings is 1. The molecule has 1 aromatic carbocycles. The van der Waals surface area contributed by atoms with Crippen molar-refractivity contribution < 1.29 is 23.9 Å². The van der Waals surface area contributed by atoms with Gasteiger partial charge in [0.05, 0.1) is 25.0 Å². The van der Waals surface area contributed by atoms with E-state index in [2.05, 4.69) is 15.4 Å². The SMILES string of the molecule is CCOC(=O)c1ccn(-c2cccc(NC(=O)c3[nH]c(C)c(C(=O)OC)c3C)c2)n1. The fourth-order valence-corrected chi connectivity index (χ4v) is 3.09. The summed E-state index contributed by atoms with van der Waals surface area (Å²) in [6.07, 6.45) is 1.63. The Morgan fingerprint density at radius 3 is 2.63 bits per heavy atom. The van der Waals surface area contributed by atoms with Crippen molar-refractivity contribution in [2.24, 2.45) is 0 Å². The van der Waals surface area contributed by atoms with Crippen molar-refractivity contribution in [2.45, 2.75) is 20.8 Å². The highest BCUT2D eigenvalue weighted by molar-refractivity contribution is 6.06. The number of nitrogens with zero attached hydrogens (tertiary/aromatic N) is 2. The Balaban J connectivity index is 1.82. The fourth-order valence-electron chi connectivity index (χ4n) is 3.09. The number of carbonyl (C=O) groups excluding carboxylic acids is 3. The first-order valence-corrected chi connectivity index (χ1v) is 9.27. The largest absolute Gasteiger partial charge is 0.465 e. The predicted molar refractivity (Wildman–Crippen MR) is 109 cm³/mol. The molecule has 1 amide bonds. The first-order chi connectivity index (χ1) is 14.3. The molecule has 2 N–H and O–H groups in total. The Labute approximate surface area is 173 Å². The molecule has 0 bridgehead atoms. The molecule has 156 valence electrons. The third-order valence-electron chi connectivity index (χ3n) is 4.50. The number of aromatic amines is 1. The van der Waals surface area contributed by atoms with Gasteiger partial charge in [-0.2, -0.15) is 5.10 Å². The smallest absolute Gasteiger partial charge is 0.358 e. The number of H-pyrrole nitrogens is 1. The summed E-state index contributed by atoms with van der Waals surface area (Å²) in [7, 11) is 1.29. The van der Waals surface area contributed by atoms with E-state index in [1.165, 1.54) is 11.8 Å². The number of hydrogen-bond acceptors (Lipinski definition) is 6. The van der Waals surface area contributed by atoms with E-state index >= 15 is 0 Å². The minimum absolute atomic E-state index is 0.194. The van der Waals surface area contributed by atoms with Gasteiger partial charge in [-0.1, -0.05) is 6.07 Å². The number of methoxy groups -OCH3 is 1. The Hall–Kier alpha value is -3.88. The van der Waals surface area contributed by atoms with Crippen molar-refractivity contribution in [2.75, 3.05) is 19.0 Å². The number of carbonyl (C=O) groups is 3. The molecular formula is C21H22N4O5. The normalized spacial score (nSPS) is 10.5. The van der Waals surface area contributed by atoms with Gasteiger partial charge < -0.3 is 19.8 Å². The number of esters is 2. The van der Waals surface area contributed by atoms with Gasteiger partial charge >= 0.3 is 11.9 Å². The summed E-state index contributed by atoms with van der Waals surface area (Å²) in [6.45, 7) is 5.38. The summed E-state index contributed by atoms with van der Waals surface area (Å²) in [5, 5.41) is 7.01. The number of aryl methyl sites for hydroxylation is 1. The maximum Gasteiger partial charge on any atom is 0.358 e. The molecule has 0 saturated heterocycles. The van der Waals surface area contributed by atoms with Crippen molar-refractivity contribution in [3.05, 3.63) is 64.7 Å². The van der Waals surface area contributed by atoms with Gasteiger partial charge in [0.1, 0.15) is 5.69 Å². The Morgan fingerprint density at radius 2 is 1.93 bits per heavy atom. The van der Waals surface area contributed by atoms with Gasteiger partial charge in [-0.3, -0.25) is 4.79 Å². The lowest BCUT2D eigenvalue weighted by molar-refractivity contribution is 0.0517. The van der Waals surface area contributed by atoms with Crippen LogP contribution in [0.3, 0.4) is 0 Å². The monoisotopic (exact) mass is 410 g/mol. The van der Waals surface area contributed by atoms with Crippen molar-refractivity contribution in [1.29, 1.82) is 0 Å². The Bertz CT molecular complexity index is 1110. The highest BCUT2D eigenvalue weighted by Crippen LogP contribution is 2.21. The third kappa shape index (κ3) is 4.09. The summed E-state index contributed by atoms with van der Waals surface area (Å²) in [5.74, 6) is -1.39. The van der Waals surface area contributed by atoms with Crippen molar-refractivity contribution in [3.8, 4) is 5.69 Å². The molecule has 9 heteroatoms. The Kier molecular flexibility index (Phi) is 6.01. The van der Waals surface area contributed by atoms with Crippen LogP contribution in [0.1, 0.15) is 49.5 Å². The predicted octanol–water partition coefficient (Wildman–Crippen LogP) is 3.03. The molecule has 0 unspecified atom stereocenters. The van der Waals surface area contributed by atoms with Crippen LogP contribution in [-0.4, -0.2) is 46.3 Å². The highest BCUT2D eigenvalue weighted by Gasteiger charge is 2.22. The molecule has 30 heavy (non-hydrogen) atoms. The Morgan fingerprint density at radius 1 is 1.17 bits per heavy atom. The number of rotatable bonds is 6. The molecule has 2 heterocycles. The number of anilines is 1. The van der Waals surface area contributed by atoms with Crippen LogP contribution in [0.2, 0.25) is 0 Å². The second-order valence-corrected chi connectivity index (χ2v) is 6.49. The molecule has 0 aliphatic carbocycles. The zero-order valence-electron chi connectivity index (χ0n) is 17.1. The van der Waals surface area contributed by atoms with Gasteiger partial charge in [0.25, 0.3) is 5.91 Å². The minimum atomic E-state index is -0.501. The molecule has 0 saturated carbocycles. The summed E-state index contributed by atoms with van der Waals surface area (Å²) in [4.78, 5) is 39.4. The summed E-state index contributed by atoms with van der Waals surface area (Å²) in [5.41, 5.74) is 3.07. The van der Waals surface area contributed by atoms with Gasteiger partial charge in [-0.05, 0) is 50.6 Å². The number of hydrogen-bond donors (Lipinski definition) is 2. The number of nitrogens with one attached hydrogen (secondary N) is 2. The zero-order valence-corrected chi connectivity index (χ0v) is 17.1. The lowest BCUT2D eigenvalue weighted by Crippen LogP contribution is -2.14. The number of ether oxygens (including phenoxy) is 2. The molecule has 0 atom stereocenters. The highest BCUT2D eigenvalue weighted by atomic mass is 16.5. The van der Waals surface area contributed by atoms with Gasteiger partial charge in [0.15, 0.2) is 5.69 Å². The van der Waals surface area contributed by atoms with E-state index in [-0.39, 0.29) is 18.0 Å². The summed E-state index contributed by atoms with van der Waals surface area (Å²) >= 11 is 0. The number of amides is 1. The standard InChI is InChI=1S/C21H22N4O5/c1-5-30-20(27)16-9-10-25(24-16)15-8-6-7-14(11-15)23-19(26)18-12(2)17(13(3)22-18)21(28)29-4/h6-11,22H,5H2,1-4H3,(H,23,26). The van der Waals surface area contributed by atoms with Gasteiger partial charge in [0, 0.05) is 17.6 Å². The van der Waals surface area contributed by atoms with Crippen LogP contribution in [0, 0.1) is 13.8 Å². The molecule has 0 fully saturated rings. The van der Waals surface area contributed by atoms with E-state index < -0.39 is 17.8 Å². The van der Waals surface area contributed by atoms with Crippen molar-refractivity contribution in [1.82, 2.24) is 14.8 Å². The maximum atomic E-state index is 12.7. The van der Waals surface area contributed by atoms with Crippen LogP contribution in [-0.2, 0) is 9.47 Å². The van der Waals surface area contributed by atoms with E-state index in [9.17, 15) is 14.4 Å². The van der Waals surface area contributed by atoms with Crippen LogP contribution >= 0.6 is 0 Å². The van der Waals surface area contributed by atoms with E-state index in [1.807, 2.05) is 0 Å². The third-order valence-corrected chi connectivity index (χ3v) is 4.50. The van der Waals surface area contributed by atoms with Crippen LogP contribution in [0.15, 0.2) is 36.5 Å². The lowest BCUT2D eigenvalue weighted by atomic mass is 10.1. The van der Waals surface area contributed by atoms with E-state index in [1.54, 1.807) is 57.3 Å². The molecule has 3 aromatic rings. The van der Waals surface area contributed by atoms with Crippen LogP contribution < -0.4 is 5.32 Å². The van der Waals surface area contributed by atoms with Crippen LogP contribution in [0.5, 0.6) is 0 Å². The number of aromatic nitrogens is 3. The van der Waals surface area contributed by atoms with E-state index in [0.717, 1.165) is 0 Å². The molecule has 3 rings (SSSR count). The topological polar surface area (TPSA) is 115 Å². The zero-order chi connectivity index (χ0) is 21.8. The second-order valence-electron chi connectivity index (χ2n) is 6.49. The molecule has 0 aliphatic heterocycles. The molecular weight excluding hydrogens is 388 g/mol. The first kappa shape index (κ1) is 20.8. The first-order valence-electron chi connectivity index (χ1n) is 9.27. The van der Waals surface area contributed by atoms with Crippen LogP contribution in [0.4, 0.5) is 5.69 Å². The minimum Gasteiger partial charge on any atom is -0.465 e. The molecule has 9 nitrogen and oxygen atoms in total. The van der Waals surface area contributed by atoms with Crippen molar-refractivity contribution in [3.63, 3.8) is 0 Å². The van der Waals surface area contributed by atoms with Crippen LogP contribution in [0.25, 0.3) is 5.69 Å². The molecule has 0 radical (unpaired) electrons. The van der Waals surface area contributed by atoms with E-state index in [0.29, 0.717) is 28.2 Å². The maximum absolute atomic E-state index is 12.7. The molecule has 0 aliphatic rings. The van der Waals surface area contributed by atoms with E-state index in [4.69, 9.17) is 9.47 Å². The summed E-state index contributed by atoms with van der Waals surface area (Å²) in [6, 6.07) is 8.54. The quantitative estimate of drug-likeness (QED) is 0.604. The average molecular weight is 410 g/mol.